The molecule has 0 fully saturated rings. The lowest BCUT2D eigenvalue weighted by Gasteiger charge is -2.06. The molecule has 17 heavy (non-hydrogen) atoms. The molecule has 0 saturated carbocycles. The van der Waals surface area contributed by atoms with Gasteiger partial charge in [-0.05, 0) is 24.3 Å². The minimum Gasteiger partial charge on any atom is -0.325 e. The maximum absolute atomic E-state index is 12.6. The zero-order valence-corrected chi connectivity index (χ0v) is 10.3. The summed E-state index contributed by atoms with van der Waals surface area (Å²) in [5, 5.41) is 5.48. The molecule has 1 atom stereocenters. The van der Waals surface area contributed by atoms with E-state index in [-0.39, 0.29) is 18.3 Å². The Balaban J connectivity index is 2.25. The van der Waals surface area contributed by atoms with Gasteiger partial charge in [0.25, 0.3) is 0 Å². The summed E-state index contributed by atoms with van der Waals surface area (Å²) in [6.07, 6.45) is 1.61. The first kappa shape index (κ1) is 13.8. The van der Waals surface area contributed by atoms with Crippen molar-refractivity contribution < 1.29 is 13.4 Å². The largest absolute Gasteiger partial charge is 0.325 e. The zero-order chi connectivity index (χ0) is 12.7. The smallest absolute Gasteiger partial charge is 0.238 e. The lowest BCUT2D eigenvalue weighted by molar-refractivity contribution is -0.115. The molecule has 0 aliphatic heterocycles. The Bertz CT molecular complexity index is 395. The number of carbonyl (C=O) groups is 1. The van der Waals surface area contributed by atoms with Crippen molar-refractivity contribution in [3.8, 4) is 0 Å². The van der Waals surface area contributed by atoms with Gasteiger partial charge in [-0.3, -0.25) is 9.00 Å². The fourth-order valence-corrected chi connectivity index (χ4v) is 1.59. The number of carbonyl (C=O) groups excluding carboxylic acids is 1. The third kappa shape index (κ3) is 6.13. The fraction of sp³-hybridized carbons (Fsp3) is 0.364. The summed E-state index contributed by atoms with van der Waals surface area (Å²) < 4.78 is 23.3. The van der Waals surface area contributed by atoms with Gasteiger partial charge in [0, 0.05) is 35.0 Å². The van der Waals surface area contributed by atoms with Crippen LogP contribution in [0.15, 0.2) is 24.3 Å². The van der Waals surface area contributed by atoms with Crippen LogP contribution in [-0.4, -0.2) is 35.2 Å². The molecular formula is C11H15FN2O2S. The van der Waals surface area contributed by atoms with E-state index in [1.54, 1.807) is 6.26 Å². The first-order valence-electron chi connectivity index (χ1n) is 5.14. The van der Waals surface area contributed by atoms with E-state index in [2.05, 4.69) is 10.6 Å². The predicted molar refractivity (Wildman–Crippen MR) is 66.8 cm³/mol. The van der Waals surface area contributed by atoms with Gasteiger partial charge in [0.05, 0.1) is 6.54 Å². The van der Waals surface area contributed by atoms with E-state index in [9.17, 15) is 13.4 Å². The second-order valence-electron chi connectivity index (χ2n) is 3.51. The monoisotopic (exact) mass is 258 g/mol. The third-order valence-corrected chi connectivity index (χ3v) is 2.76. The molecule has 4 nitrogen and oxygen atoms in total. The van der Waals surface area contributed by atoms with Gasteiger partial charge in [0.1, 0.15) is 5.82 Å². The van der Waals surface area contributed by atoms with Crippen molar-refractivity contribution in [2.75, 3.05) is 30.4 Å². The fourth-order valence-electron chi connectivity index (χ4n) is 1.16. The van der Waals surface area contributed by atoms with Gasteiger partial charge in [0.15, 0.2) is 0 Å². The summed E-state index contributed by atoms with van der Waals surface area (Å²) in [7, 11) is -0.857. The summed E-state index contributed by atoms with van der Waals surface area (Å²) in [5.41, 5.74) is 0.553. The highest BCUT2D eigenvalue weighted by Gasteiger charge is 2.01. The lowest BCUT2D eigenvalue weighted by atomic mass is 10.3. The Morgan fingerprint density at radius 3 is 2.59 bits per heavy atom. The highest BCUT2D eigenvalue weighted by Crippen LogP contribution is 2.07. The second kappa shape index (κ2) is 7.13. The second-order valence-corrected chi connectivity index (χ2v) is 5.06. The van der Waals surface area contributed by atoms with Crippen LogP contribution in [0, 0.1) is 5.82 Å². The molecule has 0 aliphatic rings. The van der Waals surface area contributed by atoms with E-state index in [0.717, 1.165) is 0 Å². The highest BCUT2D eigenvalue weighted by atomic mass is 32.2. The molecule has 1 aromatic carbocycles. The van der Waals surface area contributed by atoms with Gasteiger partial charge in [-0.25, -0.2) is 4.39 Å². The van der Waals surface area contributed by atoms with Crippen molar-refractivity contribution in [2.24, 2.45) is 0 Å². The summed E-state index contributed by atoms with van der Waals surface area (Å²) >= 11 is 0. The molecule has 0 radical (unpaired) electrons. The van der Waals surface area contributed by atoms with E-state index in [1.807, 2.05) is 0 Å². The van der Waals surface area contributed by atoms with Crippen LogP contribution in [0.3, 0.4) is 0 Å². The first-order valence-corrected chi connectivity index (χ1v) is 6.87. The maximum atomic E-state index is 12.6. The molecule has 0 heterocycles. The SMILES string of the molecule is CS(=O)CCNCC(=O)Nc1ccc(F)cc1. The maximum Gasteiger partial charge on any atom is 0.238 e. The first-order chi connectivity index (χ1) is 8.08. The van der Waals surface area contributed by atoms with Gasteiger partial charge in [0.2, 0.25) is 5.91 Å². The van der Waals surface area contributed by atoms with Gasteiger partial charge in [-0.2, -0.15) is 0 Å². The van der Waals surface area contributed by atoms with Gasteiger partial charge < -0.3 is 10.6 Å². The summed E-state index contributed by atoms with van der Waals surface area (Å²) in [6, 6.07) is 5.55. The Morgan fingerprint density at radius 2 is 2.00 bits per heavy atom. The van der Waals surface area contributed by atoms with Crippen molar-refractivity contribution in [3.63, 3.8) is 0 Å². The molecular weight excluding hydrogens is 243 g/mol. The van der Waals surface area contributed by atoms with Crippen LogP contribution in [-0.2, 0) is 15.6 Å². The minimum absolute atomic E-state index is 0.147. The predicted octanol–water partition coefficient (Wildman–Crippen LogP) is 0.732. The number of halogens is 1. The summed E-state index contributed by atoms with van der Waals surface area (Å²) in [4.78, 5) is 11.4. The minimum atomic E-state index is -0.857. The van der Waals surface area contributed by atoms with E-state index >= 15 is 0 Å². The molecule has 6 heteroatoms. The molecule has 2 N–H and O–H groups in total. The molecule has 0 aromatic heterocycles. The van der Waals surface area contributed by atoms with Crippen molar-refractivity contribution in [1.82, 2.24) is 5.32 Å². The molecule has 0 bridgehead atoms. The molecule has 1 rings (SSSR count). The van der Waals surface area contributed by atoms with Crippen LogP contribution >= 0.6 is 0 Å². The van der Waals surface area contributed by atoms with Crippen molar-refractivity contribution in [2.45, 2.75) is 0 Å². The molecule has 1 aromatic rings. The van der Waals surface area contributed by atoms with E-state index < -0.39 is 10.8 Å². The Hall–Kier alpha value is -1.27. The molecule has 0 saturated heterocycles. The van der Waals surface area contributed by atoms with Gasteiger partial charge in [-0.15, -0.1) is 0 Å². The number of hydrogen-bond donors (Lipinski definition) is 2. The Labute approximate surface area is 102 Å². The number of anilines is 1. The molecule has 94 valence electrons. The molecule has 1 unspecified atom stereocenters. The zero-order valence-electron chi connectivity index (χ0n) is 9.53. The van der Waals surface area contributed by atoms with Crippen molar-refractivity contribution in [3.05, 3.63) is 30.1 Å². The molecule has 1 amide bonds. The van der Waals surface area contributed by atoms with E-state index in [0.29, 0.717) is 18.0 Å². The topological polar surface area (TPSA) is 58.2 Å². The average Bonchev–Trinajstić information content (AvgIpc) is 2.27. The quantitative estimate of drug-likeness (QED) is 0.740. The van der Waals surface area contributed by atoms with E-state index in [1.165, 1.54) is 24.3 Å². The van der Waals surface area contributed by atoms with Crippen LogP contribution in [0.5, 0.6) is 0 Å². The summed E-state index contributed by atoms with van der Waals surface area (Å²) in [5.74, 6) is -0.0332. The number of hydrogen-bond acceptors (Lipinski definition) is 3. The highest BCUT2D eigenvalue weighted by molar-refractivity contribution is 7.84. The van der Waals surface area contributed by atoms with E-state index in [4.69, 9.17) is 0 Å². The van der Waals surface area contributed by atoms with Crippen LogP contribution in [0.4, 0.5) is 10.1 Å². The summed E-state index contributed by atoms with van der Waals surface area (Å²) in [6.45, 7) is 0.675. The van der Waals surface area contributed by atoms with Gasteiger partial charge >= 0.3 is 0 Å². The lowest BCUT2D eigenvalue weighted by Crippen LogP contribution is -2.30. The van der Waals surface area contributed by atoms with Crippen LogP contribution < -0.4 is 10.6 Å². The Morgan fingerprint density at radius 1 is 1.35 bits per heavy atom. The van der Waals surface area contributed by atoms with Crippen molar-refractivity contribution >= 4 is 22.4 Å². The van der Waals surface area contributed by atoms with Crippen LogP contribution in [0.25, 0.3) is 0 Å². The standard InChI is InChI=1S/C11H15FN2O2S/c1-17(16)7-6-13-8-11(15)14-10-4-2-9(12)3-5-10/h2-5,13H,6-8H2,1H3,(H,14,15). The van der Waals surface area contributed by atoms with Crippen LogP contribution in [0.2, 0.25) is 0 Å². The molecule has 0 aliphatic carbocycles. The van der Waals surface area contributed by atoms with Crippen LogP contribution in [0.1, 0.15) is 0 Å². The number of nitrogens with one attached hydrogen (secondary N) is 2. The number of benzene rings is 1. The number of rotatable bonds is 6. The molecule has 0 spiro atoms. The van der Waals surface area contributed by atoms with Crippen molar-refractivity contribution in [1.29, 1.82) is 0 Å². The van der Waals surface area contributed by atoms with Gasteiger partial charge in [-0.1, -0.05) is 0 Å². The average molecular weight is 258 g/mol. The Kier molecular flexibility index (Phi) is 5.79. The third-order valence-electron chi connectivity index (χ3n) is 1.98. The normalized spacial score (nSPS) is 12.1. The number of amides is 1.